The number of hydrogen-bond acceptors (Lipinski definition) is 4. The van der Waals surface area contributed by atoms with Crippen molar-refractivity contribution in [3.05, 3.63) is 47.7 Å². The van der Waals surface area contributed by atoms with E-state index in [1.165, 1.54) is 0 Å². The minimum Gasteiger partial charge on any atom is -0.398 e. The molecular weight excluding hydrogens is 262 g/mol. The summed E-state index contributed by atoms with van der Waals surface area (Å²) in [6, 6.07) is 9.07. The minimum atomic E-state index is 0.512. The van der Waals surface area contributed by atoms with Crippen LogP contribution in [0.5, 0.6) is 0 Å². The molecule has 2 heterocycles. The van der Waals surface area contributed by atoms with Crippen molar-refractivity contribution in [1.82, 2.24) is 20.2 Å². The van der Waals surface area contributed by atoms with Crippen molar-refractivity contribution in [1.29, 1.82) is 0 Å². The molecule has 3 rings (SSSR count). The molecule has 0 fully saturated rings. The van der Waals surface area contributed by atoms with Gasteiger partial charge < -0.3 is 5.73 Å². The highest BCUT2D eigenvalue weighted by Crippen LogP contribution is 2.25. The number of H-pyrrole nitrogens is 1. The molecule has 0 amide bonds. The number of aromatic nitrogens is 4. The van der Waals surface area contributed by atoms with E-state index in [2.05, 4.69) is 20.2 Å². The van der Waals surface area contributed by atoms with Gasteiger partial charge in [0.2, 0.25) is 0 Å². The number of hydrogen-bond donors (Lipinski definition) is 2. The van der Waals surface area contributed by atoms with Gasteiger partial charge in [-0.2, -0.15) is 5.10 Å². The van der Waals surface area contributed by atoms with Crippen LogP contribution in [-0.4, -0.2) is 20.2 Å². The third-order valence-corrected chi connectivity index (χ3v) is 3.02. The van der Waals surface area contributed by atoms with Gasteiger partial charge in [-0.3, -0.25) is 10.1 Å². The van der Waals surface area contributed by atoms with Crippen LogP contribution >= 0.6 is 11.6 Å². The first kappa shape index (κ1) is 11.7. The Bertz CT molecular complexity index is 708. The molecule has 0 spiro atoms. The SMILES string of the molecule is Nc1cc(-c2nc(-c3cccnc3)n[nH]2)ccc1Cl. The maximum absolute atomic E-state index is 5.89. The zero-order valence-corrected chi connectivity index (χ0v) is 10.6. The first-order valence-electron chi connectivity index (χ1n) is 5.62. The quantitative estimate of drug-likeness (QED) is 0.702. The number of halogens is 1. The van der Waals surface area contributed by atoms with E-state index >= 15 is 0 Å². The number of benzene rings is 1. The number of pyridine rings is 1. The van der Waals surface area contributed by atoms with Crippen molar-refractivity contribution in [2.24, 2.45) is 0 Å². The molecule has 0 saturated carbocycles. The van der Waals surface area contributed by atoms with E-state index in [9.17, 15) is 0 Å². The lowest BCUT2D eigenvalue weighted by Crippen LogP contribution is -1.88. The first-order chi connectivity index (χ1) is 9.24. The van der Waals surface area contributed by atoms with Gasteiger partial charge in [0, 0.05) is 23.5 Å². The Labute approximate surface area is 114 Å². The summed E-state index contributed by atoms with van der Waals surface area (Å²) in [6.07, 6.45) is 3.42. The van der Waals surface area contributed by atoms with Crippen LogP contribution in [0.1, 0.15) is 0 Å². The van der Waals surface area contributed by atoms with Crippen LogP contribution < -0.4 is 5.73 Å². The maximum atomic E-state index is 5.89. The van der Waals surface area contributed by atoms with Gasteiger partial charge in [0.05, 0.1) is 10.7 Å². The fraction of sp³-hybridized carbons (Fsp3) is 0. The van der Waals surface area contributed by atoms with Crippen molar-refractivity contribution in [3.8, 4) is 22.8 Å². The highest BCUT2D eigenvalue weighted by molar-refractivity contribution is 6.33. The van der Waals surface area contributed by atoms with E-state index in [0.29, 0.717) is 22.4 Å². The highest BCUT2D eigenvalue weighted by Gasteiger charge is 2.08. The summed E-state index contributed by atoms with van der Waals surface area (Å²) in [5.74, 6) is 1.24. The van der Waals surface area contributed by atoms with E-state index in [0.717, 1.165) is 11.1 Å². The van der Waals surface area contributed by atoms with Crippen LogP contribution in [0, 0.1) is 0 Å². The zero-order valence-electron chi connectivity index (χ0n) is 9.84. The standard InChI is InChI=1S/C13H10ClN5/c14-10-4-3-8(6-11(10)15)12-17-13(19-18-12)9-2-1-5-16-7-9/h1-7H,15H2,(H,17,18,19). The number of nitrogens with zero attached hydrogens (tertiary/aromatic N) is 3. The second-order valence-electron chi connectivity index (χ2n) is 3.99. The molecule has 19 heavy (non-hydrogen) atoms. The average molecular weight is 272 g/mol. The number of aromatic amines is 1. The summed E-state index contributed by atoms with van der Waals surface area (Å²) in [4.78, 5) is 8.45. The van der Waals surface area contributed by atoms with Crippen molar-refractivity contribution in [2.75, 3.05) is 5.73 Å². The predicted octanol–water partition coefficient (Wildman–Crippen LogP) is 2.77. The molecule has 3 N–H and O–H groups in total. The molecule has 0 radical (unpaired) electrons. The molecule has 0 unspecified atom stereocenters. The molecule has 0 bridgehead atoms. The topological polar surface area (TPSA) is 80.5 Å². The Morgan fingerprint density at radius 1 is 1.16 bits per heavy atom. The third kappa shape index (κ3) is 2.28. The maximum Gasteiger partial charge on any atom is 0.183 e. The van der Waals surface area contributed by atoms with Gasteiger partial charge in [-0.1, -0.05) is 11.6 Å². The number of rotatable bonds is 2. The molecule has 0 aliphatic heterocycles. The summed E-state index contributed by atoms with van der Waals surface area (Å²) in [5.41, 5.74) is 7.98. The summed E-state index contributed by atoms with van der Waals surface area (Å²) >= 11 is 5.89. The largest absolute Gasteiger partial charge is 0.398 e. The Kier molecular flexibility index (Phi) is 2.89. The molecule has 1 aromatic carbocycles. The van der Waals surface area contributed by atoms with Gasteiger partial charge in [0.15, 0.2) is 11.6 Å². The number of nitrogen functional groups attached to an aromatic ring is 1. The monoisotopic (exact) mass is 271 g/mol. The lowest BCUT2D eigenvalue weighted by molar-refractivity contribution is 1.10. The second kappa shape index (κ2) is 4.70. The minimum absolute atomic E-state index is 0.512. The average Bonchev–Trinajstić information content (AvgIpc) is 2.93. The van der Waals surface area contributed by atoms with E-state index in [1.54, 1.807) is 24.5 Å². The van der Waals surface area contributed by atoms with Crippen molar-refractivity contribution >= 4 is 17.3 Å². The molecule has 0 atom stereocenters. The van der Waals surface area contributed by atoms with Crippen LogP contribution in [0.25, 0.3) is 22.8 Å². The van der Waals surface area contributed by atoms with Crippen molar-refractivity contribution < 1.29 is 0 Å². The summed E-state index contributed by atoms with van der Waals surface area (Å²) < 4.78 is 0. The lowest BCUT2D eigenvalue weighted by Gasteiger charge is -2.00. The summed E-state index contributed by atoms with van der Waals surface area (Å²) in [5, 5.41) is 7.57. The first-order valence-corrected chi connectivity index (χ1v) is 6.00. The molecule has 5 nitrogen and oxygen atoms in total. The number of anilines is 1. The molecule has 0 saturated heterocycles. The highest BCUT2D eigenvalue weighted by atomic mass is 35.5. The number of nitrogens with two attached hydrogens (primary N) is 1. The van der Waals surface area contributed by atoms with Crippen LogP contribution in [0.2, 0.25) is 5.02 Å². The Morgan fingerprint density at radius 3 is 2.79 bits per heavy atom. The van der Waals surface area contributed by atoms with E-state index in [1.807, 2.05) is 18.2 Å². The Hall–Kier alpha value is -2.40. The van der Waals surface area contributed by atoms with E-state index in [4.69, 9.17) is 17.3 Å². The predicted molar refractivity (Wildman–Crippen MR) is 74.5 cm³/mol. The van der Waals surface area contributed by atoms with Crippen LogP contribution in [0.4, 0.5) is 5.69 Å². The molecule has 0 aliphatic rings. The zero-order chi connectivity index (χ0) is 13.2. The normalized spacial score (nSPS) is 10.6. The Balaban J connectivity index is 1.99. The van der Waals surface area contributed by atoms with Gasteiger partial charge in [0.25, 0.3) is 0 Å². The lowest BCUT2D eigenvalue weighted by atomic mass is 10.2. The van der Waals surface area contributed by atoms with Gasteiger partial charge in [-0.15, -0.1) is 0 Å². The smallest absolute Gasteiger partial charge is 0.183 e. The Morgan fingerprint density at radius 2 is 2.05 bits per heavy atom. The van der Waals surface area contributed by atoms with E-state index in [-0.39, 0.29) is 0 Å². The third-order valence-electron chi connectivity index (χ3n) is 2.67. The fourth-order valence-electron chi connectivity index (χ4n) is 1.71. The second-order valence-corrected chi connectivity index (χ2v) is 4.39. The summed E-state index contributed by atoms with van der Waals surface area (Å²) in [6.45, 7) is 0. The van der Waals surface area contributed by atoms with Gasteiger partial charge in [0.1, 0.15) is 0 Å². The fourth-order valence-corrected chi connectivity index (χ4v) is 1.82. The van der Waals surface area contributed by atoms with E-state index < -0.39 is 0 Å². The van der Waals surface area contributed by atoms with Crippen LogP contribution in [-0.2, 0) is 0 Å². The van der Waals surface area contributed by atoms with Crippen LogP contribution in [0.3, 0.4) is 0 Å². The molecule has 2 aromatic heterocycles. The summed E-state index contributed by atoms with van der Waals surface area (Å²) in [7, 11) is 0. The molecular formula is C13H10ClN5. The number of nitrogens with one attached hydrogen (secondary N) is 1. The van der Waals surface area contributed by atoms with Gasteiger partial charge in [-0.25, -0.2) is 4.98 Å². The van der Waals surface area contributed by atoms with Crippen LogP contribution in [0.15, 0.2) is 42.7 Å². The van der Waals surface area contributed by atoms with Gasteiger partial charge in [-0.05, 0) is 30.3 Å². The molecule has 3 aromatic rings. The molecule has 6 heteroatoms. The molecule has 0 aliphatic carbocycles. The van der Waals surface area contributed by atoms with Crippen molar-refractivity contribution in [3.63, 3.8) is 0 Å². The molecule has 94 valence electrons. The van der Waals surface area contributed by atoms with Gasteiger partial charge >= 0.3 is 0 Å². The van der Waals surface area contributed by atoms with Crippen molar-refractivity contribution in [2.45, 2.75) is 0 Å².